The molecule has 1 amide bonds. The van der Waals surface area contributed by atoms with Gasteiger partial charge in [-0.2, -0.15) is 31.4 Å². The molecule has 0 spiro atoms. The van der Waals surface area contributed by atoms with Crippen LogP contribution in [-0.4, -0.2) is 46.8 Å². The molecule has 1 aliphatic rings. The molecule has 0 N–H and O–H groups in total. The van der Waals surface area contributed by atoms with Gasteiger partial charge in [0, 0.05) is 30.1 Å². The summed E-state index contributed by atoms with van der Waals surface area (Å²) in [4.78, 5) is 27.4. The molecule has 1 fully saturated rings. The van der Waals surface area contributed by atoms with Gasteiger partial charge >= 0.3 is 18.3 Å². The van der Waals surface area contributed by atoms with Gasteiger partial charge in [0.15, 0.2) is 5.69 Å². The molecule has 0 bridgehead atoms. The van der Waals surface area contributed by atoms with Crippen molar-refractivity contribution in [1.29, 1.82) is 0 Å². The number of halogens is 7. The Balaban J connectivity index is 1.42. The number of carbonyl (C=O) groups excluding carboxylic acids is 2. The van der Waals surface area contributed by atoms with E-state index in [0.717, 1.165) is 22.9 Å². The number of methoxy groups -OCH3 is 1. The van der Waals surface area contributed by atoms with Crippen LogP contribution >= 0.6 is 11.6 Å². The topological polar surface area (TPSA) is 64.4 Å². The maximum absolute atomic E-state index is 13.6. The summed E-state index contributed by atoms with van der Waals surface area (Å²) in [6.07, 6.45) is -9.24. The first kappa shape index (κ1) is 30.1. The zero-order chi connectivity index (χ0) is 31.1. The summed E-state index contributed by atoms with van der Waals surface area (Å²) in [5, 5.41) is 3.91. The second-order valence-electron chi connectivity index (χ2n) is 9.92. The number of alkyl halides is 6. The number of carbonyl (C=O) groups is 2. The molecule has 1 saturated heterocycles. The van der Waals surface area contributed by atoms with Crippen LogP contribution in [-0.2, 0) is 21.9 Å². The SMILES string of the molecule is COC(=O)[C@@H]1CN(C(=O)c2ccc(-c3cc(C(F)(F)F)nn3-c3ccccc3Cl)cc2)C[C@H]1c1ccc(C(F)(F)F)cc1. The van der Waals surface area contributed by atoms with Crippen LogP contribution in [0.4, 0.5) is 26.3 Å². The molecule has 0 aliphatic carbocycles. The number of hydrogen-bond acceptors (Lipinski definition) is 4. The summed E-state index contributed by atoms with van der Waals surface area (Å²) < 4.78 is 85.8. The number of amides is 1. The normalized spacial score (nSPS) is 17.3. The van der Waals surface area contributed by atoms with Crippen molar-refractivity contribution in [3.8, 4) is 16.9 Å². The molecule has 1 aliphatic heterocycles. The van der Waals surface area contributed by atoms with Crippen LogP contribution in [0.15, 0.2) is 78.9 Å². The Morgan fingerprint density at radius 2 is 1.53 bits per heavy atom. The highest BCUT2D eigenvalue weighted by molar-refractivity contribution is 6.32. The third kappa shape index (κ3) is 6.10. The monoisotopic (exact) mass is 621 g/mol. The number of hydrogen-bond donors (Lipinski definition) is 0. The summed E-state index contributed by atoms with van der Waals surface area (Å²) in [6, 6.07) is 17.4. The second-order valence-corrected chi connectivity index (χ2v) is 10.3. The number of esters is 1. The van der Waals surface area contributed by atoms with E-state index in [9.17, 15) is 35.9 Å². The van der Waals surface area contributed by atoms with Crippen LogP contribution in [0, 0.1) is 5.92 Å². The van der Waals surface area contributed by atoms with Gasteiger partial charge in [-0.3, -0.25) is 9.59 Å². The van der Waals surface area contributed by atoms with Gasteiger partial charge < -0.3 is 9.64 Å². The molecule has 43 heavy (non-hydrogen) atoms. The Bertz CT molecular complexity index is 1650. The van der Waals surface area contributed by atoms with Gasteiger partial charge in [0.1, 0.15) is 0 Å². The summed E-state index contributed by atoms with van der Waals surface area (Å²) in [7, 11) is 1.19. The average Bonchev–Trinajstić information content (AvgIpc) is 3.62. The summed E-state index contributed by atoms with van der Waals surface area (Å²) >= 11 is 6.23. The fraction of sp³-hybridized carbons (Fsp3) is 0.233. The fourth-order valence-corrected chi connectivity index (χ4v) is 5.33. The maximum atomic E-state index is 13.6. The number of rotatable bonds is 5. The van der Waals surface area contributed by atoms with Gasteiger partial charge in [-0.1, -0.05) is 48.0 Å². The quantitative estimate of drug-likeness (QED) is 0.174. The lowest BCUT2D eigenvalue weighted by Crippen LogP contribution is -2.30. The van der Waals surface area contributed by atoms with Gasteiger partial charge in [-0.25, -0.2) is 4.68 Å². The van der Waals surface area contributed by atoms with E-state index < -0.39 is 47.3 Å². The Hall–Kier alpha value is -4.32. The van der Waals surface area contributed by atoms with Gasteiger partial charge in [0.2, 0.25) is 0 Å². The third-order valence-corrected chi connectivity index (χ3v) is 7.60. The van der Waals surface area contributed by atoms with Crippen molar-refractivity contribution < 1.29 is 40.7 Å². The predicted molar refractivity (Wildman–Crippen MR) is 145 cm³/mol. The number of aromatic nitrogens is 2. The Morgan fingerprint density at radius 3 is 2.12 bits per heavy atom. The standard InChI is InChI=1S/C30H22ClF6N3O3/c1-43-28(42)22-16-39(15-21(22)17-10-12-20(13-11-17)29(32,33)34)27(41)19-8-6-18(7-9-19)25-14-26(30(35,36)37)38-40(25)24-5-3-2-4-23(24)31/h2-14,21-22H,15-16H2,1H3/t21-,22+/m0/s1. The molecule has 5 rings (SSSR count). The van der Waals surface area contributed by atoms with E-state index in [1.54, 1.807) is 12.1 Å². The molecule has 1 aromatic heterocycles. The van der Waals surface area contributed by atoms with Crippen molar-refractivity contribution in [1.82, 2.24) is 14.7 Å². The molecule has 0 unspecified atom stereocenters. The second kappa shape index (κ2) is 11.4. The molecule has 3 aromatic carbocycles. The summed E-state index contributed by atoms with van der Waals surface area (Å²) in [5.41, 5.74) is -0.666. The van der Waals surface area contributed by atoms with Crippen molar-refractivity contribution in [3.63, 3.8) is 0 Å². The van der Waals surface area contributed by atoms with Crippen LogP contribution in [0.3, 0.4) is 0 Å². The van der Waals surface area contributed by atoms with Gasteiger partial charge in [0.25, 0.3) is 5.91 Å². The van der Waals surface area contributed by atoms with E-state index in [4.69, 9.17) is 16.3 Å². The number of benzene rings is 3. The minimum Gasteiger partial charge on any atom is -0.469 e. The van der Waals surface area contributed by atoms with E-state index in [1.807, 2.05) is 0 Å². The van der Waals surface area contributed by atoms with Crippen LogP contribution in [0.25, 0.3) is 16.9 Å². The highest BCUT2D eigenvalue weighted by atomic mass is 35.5. The average molecular weight is 622 g/mol. The third-order valence-electron chi connectivity index (χ3n) is 7.29. The minimum absolute atomic E-state index is 0.0346. The number of ether oxygens (including phenoxy) is 1. The van der Waals surface area contributed by atoms with Crippen LogP contribution in [0.5, 0.6) is 0 Å². The molecule has 4 aromatic rings. The molecular weight excluding hydrogens is 600 g/mol. The van der Waals surface area contributed by atoms with E-state index >= 15 is 0 Å². The molecule has 13 heteroatoms. The number of para-hydroxylation sites is 1. The zero-order valence-electron chi connectivity index (χ0n) is 22.3. The lowest BCUT2D eigenvalue weighted by molar-refractivity contribution is -0.145. The first-order valence-corrected chi connectivity index (χ1v) is 13.2. The Labute approximate surface area is 246 Å². The van der Waals surface area contributed by atoms with Crippen molar-refractivity contribution >= 4 is 23.5 Å². The minimum atomic E-state index is -4.72. The van der Waals surface area contributed by atoms with E-state index in [-0.39, 0.29) is 35.1 Å². The summed E-state index contributed by atoms with van der Waals surface area (Å²) in [6.45, 7) is 0.00705. The lowest BCUT2D eigenvalue weighted by atomic mass is 9.88. The zero-order valence-corrected chi connectivity index (χ0v) is 23.0. The molecule has 0 saturated carbocycles. The molecule has 2 heterocycles. The molecule has 6 nitrogen and oxygen atoms in total. The first-order valence-electron chi connectivity index (χ1n) is 12.8. The first-order chi connectivity index (χ1) is 20.3. The van der Waals surface area contributed by atoms with Crippen LogP contribution in [0.1, 0.15) is 33.1 Å². The predicted octanol–water partition coefficient (Wildman–Crippen LogP) is 7.26. The summed E-state index contributed by atoms with van der Waals surface area (Å²) in [5.74, 6) is -2.49. The maximum Gasteiger partial charge on any atom is 0.435 e. The van der Waals surface area contributed by atoms with Crippen molar-refractivity contribution in [3.05, 3.63) is 106 Å². The van der Waals surface area contributed by atoms with Gasteiger partial charge in [-0.15, -0.1) is 0 Å². The molecule has 224 valence electrons. The van der Waals surface area contributed by atoms with Crippen LogP contribution in [0.2, 0.25) is 5.02 Å². The largest absolute Gasteiger partial charge is 0.469 e. The fourth-order valence-electron chi connectivity index (χ4n) is 5.12. The van der Waals surface area contributed by atoms with Crippen molar-refractivity contribution in [2.45, 2.75) is 18.3 Å². The van der Waals surface area contributed by atoms with Crippen LogP contribution < -0.4 is 0 Å². The van der Waals surface area contributed by atoms with Gasteiger partial charge in [-0.05, 0) is 48.0 Å². The molecule has 0 radical (unpaired) electrons. The van der Waals surface area contributed by atoms with E-state index in [2.05, 4.69) is 5.10 Å². The molecular formula is C30H22ClF6N3O3. The van der Waals surface area contributed by atoms with E-state index in [0.29, 0.717) is 11.1 Å². The highest BCUT2D eigenvalue weighted by Crippen LogP contribution is 2.38. The van der Waals surface area contributed by atoms with Crippen molar-refractivity contribution in [2.75, 3.05) is 20.2 Å². The Kier molecular flexibility index (Phi) is 7.99. The van der Waals surface area contributed by atoms with Gasteiger partial charge in [0.05, 0.1) is 35.0 Å². The number of likely N-dealkylation sites (tertiary alicyclic amines) is 1. The highest BCUT2D eigenvalue weighted by Gasteiger charge is 2.42. The number of nitrogens with zero attached hydrogens (tertiary/aromatic N) is 3. The Morgan fingerprint density at radius 1 is 0.884 bits per heavy atom. The molecule has 2 atom stereocenters. The smallest absolute Gasteiger partial charge is 0.435 e. The van der Waals surface area contributed by atoms with Crippen molar-refractivity contribution in [2.24, 2.45) is 5.92 Å². The lowest BCUT2D eigenvalue weighted by Gasteiger charge is -2.18. The van der Waals surface area contributed by atoms with E-state index in [1.165, 1.54) is 60.5 Å².